The summed E-state index contributed by atoms with van der Waals surface area (Å²) < 4.78 is 1.42. The number of quaternary nitrogens is 2. The second-order valence-corrected chi connectivity index (χ2v) is 11.5. The molecule has 0 aromatic heterocycles. The van der Waals surface area contributed by atoms with Crippen LogP contribution in [-0.2, 0) is 14.4 Å². The molecule has 0 radical (unpaired) electrons. The fraction of sp³-hybridized carbons (Fsp3) is 0.821. The third-order valence-corrected chi connectivity index (χ3v) is 3.68. The van der Waals surface area contributed by atoms with E-state index >= 15 is 0 Å². The topological polar surface area (TPSA) is 306 Å². The van der Waals surface area contributed by atoms with Crippen LogP contribution in [0.2, 0.25) is 0 Å². The van der Waals surface area contributed by atoms with Gasteiger partial charge in [-0.3, -0.25) is 14.4 Å². The van der Waals surface area contributed by atoms with Gasteiger partial charge in [-0.1, -0.05) is 19.9 Å². The first-order valence-electron chi connectivity index (χ1n) is 14.0. The highest BCUT2D eigenvalue weighted by atomic mass is 16.4. The van der Waals surface area contributed by atoms with Crippen molar-refractivity contribution < 1.29 is 74.4 Å². The van der Waals surface area contributed by atoms with Crippen molar-refractivity contribution in [1.29, 1.82) is 0 Å². The molecular formula is C28H68N4O13+2. The van der Waals surface area contributed by atoms with Gasteiger partial charge in [-0.15, -0.1) is 6.58 Å². The van der Waals surface area contributed by atoms with Gasteiger partial charge in [-0.25, -0.2) is 0 Å². The number of carbonyl (C=O) groups is 3. The molecule has 0 amide bonds. The van der Waals surface area contributed by atoms with E-state index in [0.29, 0.717) is 23.4 Å². The van der Waals surface area contributed by atoms with E-state index in [2.05, 4.69) is 33.5 Å². The van der Waals surface area contributed by atoms with E-state index in [9.17, 15) is 14.4 Å². The lowest BCUT2D eigenvalue weighted by Gasteiger charge is -2.25. The number of likely N-dealkylation sites (N-methyl/N-ethyl adjacent to an activating group) is 2. The number of nitrogens with two attached hydrogens (primary N) is 2. The summed E-state index contributed by atoms with van der Waals surface area (Å²) in [5, 5.41) is 81.0. The maximum Gasteiger partial charge on any atom is 0.320 e. The minimum absolute atomic E-state index is 0.125. The molecule has 0 aromatic carbocycles. The first kappa shape index (κ1) is 58.3. The van der Waals surface area contributed by atoms with Gasteiger partial charge in [0.25, 0.3) is 0 Å². The average molecular weight is 669 g/mol. The third-order valence-electron chi connectivity index (χ3n) is 3.68. The molecule has 17 nitrogen and oxygen atoms in total. The van der Waals surface area contributed by atoms with Crippen molar-refractivity contribution in [2.45, 2.75) is 51.9 Å². The molecule has 2 unspecified atom stereocenters. The van der Waals surface area contributed by atoms with Gasteiger partial charge >= 0.3 is 17.9 Å². The number of allylic oxidation sites excluding steroid dienone is 1. The highest BCUT2D eigenvalue weighted by Crippen LogP contribution is 2.01. The summed E-state index contributed by atoms with van der Waals surface area (Å²) in [4.78, 5) is 29.5. The molecule has 0 spiro atoms. The maximum absolute atomic E-state index is 10.1. The summed E-state index contributed by atoms with van der Waals surface area (Å²) in [6.45, 7) is 9.47. The second kappa shape index (κ2) is 39.7. The zero-order valence-corrected chi connectivity index (χ0v) is 28.9. The number of aliphatic hydroxyl groups excluding tert-OH is 7. The van der Waals surface area contributed by atoms with Crippen LogP contribution in [0.1, 0.15) is 33.6 Å². The van der Waals surface area contributed by atoms with Crippen LogP contribution in [0.4, 0.5) is 0 Å². The van der Waals surface area contributed by atoms with E-state index in [1.807, 2.05) is 41.9 Å². The zero-order valence-electron chi connectivity index (χ0n) is 28.9. The molecular weight excluding hydrogens is 600 g/mol. The summed E-state index contributed by atoms with van der Waals surface area (Å²) in [5.74, 6) is -2.48. The summed E-state index contributed by atoms with van der Waals surface area (Å²) >= 11 is 0. The van der Waals surface area contributed by atoms with E-state index < -0.39 is 36.2 Å². The van der Waals surface area contributed by atoms with Gasteiger partial charge < -0.3 is 71.5 Å². The number of carboxylic acids is 3. The number of carboxylic acid groups (broad SMARTS) is 3. The number of aliphatic carboxylic acids is 3. The van der Waals surface area contributed by atoms with Crippen LogP contribution in [0.5, 0.6) is 0 Å². The van der Waals surface area contributed by atoms with Gasteiger partial charge in [0.05, 0.1) is 88.3 Å². The van der Waals surface area contributed by atoms with E-state index in [-0.39, 0.29) is 46.0 Å². The van der Waals surface area contributed by atoms with Gasteiger partial charge in [-0.05, 0) is 19.3 Å². The number of rotatable bonds is 13. The van der Waals surface area contributed by atoms with Crippen molar-refractivity contribution in [1.82, 2.24) is 0 Å². The summed E-state index contributed by atoms with van der Waals surface area (Å²) in [7, 11) is 11.9. The van der Waals surface area contributed by atoms with Crippen LogP contribution in [0.3, 0.4) is 0 Å². The van der Waals surface area contributed by atoms with E-state index in [1.54, 1.807) is 6.08 Å². The fourth-order valence-corrected chi connectivity index (χ4v) is 1.86. The number of nitrogens with zero attached hydrogens (tertiary/aromatic N) is 2. The Labute approximate surface area is 269 Å². The summed E-state index contributed by atoms with van der Waals surface area (Å²) in [6.07, 6.45) is 0.433. The molecule has 276 valence electrons. The van der Waals surface area contributed by atoms with Crippen LogP contribution < -0.4 is 11.5 Å². The molecule has 0 aliphatic heterocycles. The first-order chi connectivity index (χ1) is 20.3. The molecule has 0 fully saturated rings. The Morgan fingerprint density at radius 3 is 1.20 bits per heavy atom. The summed E-state index contributed by atoms with van der Waals surface area (Å²) in [6, 6.07) is -0.690. The van der Waals surface area contributed by atoms with Crippen molar-refractivity contribution in [2.24, 2.45) is 17.4 Å². The molecule has 0 rings (SSSR count). The molecule has 0 aromatic rings. The Hall–Kier alpha value is -2.29. The minimum Gasteiger partial charge on any atom is -0.481 e. The SMILES string of the molecule is C=CC.CC(C)CC(N)C(=O)O.C[N+](C)(C)CC(O)CC(=O)O.C[N+](C)(C)CCO.NCC(=O)O.OCC(O)CO.OCCO. The van der Waals surface area contributed by atoms with Crippen molar-refractivity contribution in [3.8, 4) is 0 Å². The standard InChI is InChI=1S/C7H15NO3.C6H13NO2.C5H14NO.C3H8O3.C3H6.C2H5NO2.C2H6O2/c1-8(2,3)5-6(9)4-7(10)11;1-4(2)3-5(7)6(8)9;1-6(2,3)4-5-7;4-1-3(6)2-5;1-3-2;3-1-2(4)5;3-1-2-4/h6,9H,4-5H2,1-3H3;4-5H,3,7H2,1-2H3,(H,8,9);7H,4-5H2,1-3H3;3-6H,1-2H2;3H,1H2,2H3;1,3H2,(H,4,5);3-4H,1-2H2/q;;+1;;;;/p+1. The van der Waals surface area contributed by atoms with Gasteiger partial charge in [0.15, 0.2) is 0 Å². The maximum atomic E-state index is 10.1. The normalized spacial score (nSPS) is 11.3. The average Bonchev–Trinajstić information content (AvgIpc) is 2.87. The summed E-state index contributed by atoms with van der Waals surface area (Å²) in [5.41, 5.74) is 9.79. The molecule has 14 N–H and O–H groups in total. The lowest BCUT2D eigenvalue weighted by molar-refractivity contribution is -0.873. The highest BCUT2D eigenvalue weighted by molar-refractivity contribution is 5.73. The Balaban J connectivity index is -0.0000000778. The van der Waals surface area contributed by atoms with Crippen LogP contribution in [-0.4, -0.2) is 191 Å². The molecule has 0 heterocycles. The first-order valence-corrected chi connectivity index (χ1v) is 14.0. The van der Waals surface area contributed by atoms with Gasteiger partial charge in [0.1, 0.15) is 31.3 Å². The van der Waals surface area contributed by atoms with E-state index in [4.69, 9.17) is 56.8 Å². The molecule has 0 aliphatic rings. The lowest BCUT2D eigenvalue weighted by atomic mass is 10.1. The number of aliphatic hydroxyl groups is 7. The van der Waals surface area contributed by atoms with Crippen LogP contribution >= 0.6 is 0 Å². The highest BCUT2D eigenvalue weighted by Gasteiger charge is 2.17. The third kappa shape index (κ3) is 99.5. The van der Waals surface area contributed by atoms with Crippen LogP contribution in [0.25, 0.3) is 0 Å². The van der Waals surface area contributed by atoms with Crippen LogP contribution in [0, 0.1) is 5.92 Å². The molecule has 0 saturated carbocycles. The van der Waals surface area contributed by atoms with E-state index in [0.717, 1.165) is 11.0 Å². The smallest absolute Gasteiger partial charge is 0.320 e. The van der Waals surface area contributed by atoms with Crippen LogP contribution in [0.15, 0.2) is 12.7 Å². The molecule has 0 bridgehead atoms. The predicted molar refractivity (Wildman–Crippen MR) is 173 cm³/mol. The van der Waals surface area contributed by atoms with Crippen molar-refractivity contribution >= 4 is 17.9 Å². The monoisotopic (exact) mass is 668 g/mol. The van der Waals surface area contributed by atoms with Crippen molar-refractivity contribution in [3.05, 3.63) is 12.7 Å². The lowest BCUT2D eigenvalue weighted by Crippen LogP contribution is -2.42. The fourth-order valence-electron chi connectivity index (χ4n) is 1.86. The predicted octanol–water partition coefficient (Wildman–Crippen LogP) is -2.82. The Morgan fingerprint density at radius 2 is 1.11 bits per heavy atom. The number of hydrogen-bond donors (Lipinski definition) is 12. The Bertz CT molecular complexity index is 651. The molecule has 0 aliphatic carbocycles. The Kier molecular flexibility index (Phi) is 51.4. The Morgan fingerprint density at radius 1 is 0.756 bits per heavy atom. The molecule has 2 atom stereocenters. The zero-order chi connectivity index (χ0) is 37.8. The van der Waals surface area contributed by atoms with Gasteiger partial charge in [-0.2, -0.15) is 0 Å². The molecule has 17 heteroatoms. The second-order valence-electron chi connectivity index (χ2n) is 11.5. The molecule has 45 heavy (non-hydrogen) atoms. The van der Waals surface area contributed by atoms with Crippen molar-refractivity contribution in [3.63, 3.8) is 0 Å². The van der Waals surface area contributed by atoms with E-state index in [1.165, 1.54) is 0 Å². The van der Waals surface area contributed by atoms with Gasteiger partial charge in [0.2, 0.25) is 0 Å². The van der Waals surface area contributed by atoms with Gasteiger partial charge in [0, 0.05) is 0 Å². The largest absolute Gasteiger partial charge is 0.481 e. The number of hydrogen-bond acceptors (Lipinski definition) is 12. The molecule has 0 saturated heterocycles. The van der Waals surface area contributed by atoms with Crippen molar-refractivity contribution in [2.75, 3.05) is 95.0 Å². The minimum atomic E-state index is -0.968. The quantitative estimate of drug-likeness (QED) is 0.0696.